The van der Waals surface area contributed by atoms with Gasteiger partial charge in [-0.1, -0.05) is 150 Å². The van der Waals surface area contributed by atoms with Crippen molar-refractivity contribution in [3.8, 4) is 5.75 Å². The molecule has 0 aliphatic heterocycles. The SMILES string of the molecule is CCCCCC/C=C/C=C/CCCCC(=O)CCC(COc1ccccc1)O[Si](c1ccccc1)(c1ccccc1)C(C)(C)C. The van der Waals surface area contributed by atoms with Crippen molar-refractivity contribution in [2.45, 2.75) is 109 Å². The van der Waals surface area contributed by atoms with Crippen molar-refractivity contribution in [2.75, 3.05) is 6.61 Å². The average Bonchev–Trinajstić information content (AvgIpc) is 3.05. The van der Waals surface area contributed by atoms with E-state index in [9.17, 15) is 4.79 Å². The zero-order valence-corrected chi connectivity index (χ0v) is 29.3. The molecule has 0 fully saturated rings. The van der Waals surface area contributed by atoms with Gasteiger partial charge >= 0.3 is 0 Å². The fraction of sp³-hybridized carbons (Fsp3) is 0.439. The Labute approximate surface area is 274 Å². The van der Waals surface area contributed by atoms with Crippen molar-refractivity contribution in [2.24, 2.45) is 0 Å². The Morgan fingerprint density at radius 3 is 1.78 bits per heavy atom. The van der Waals surface area contributed by atoms with Crippen molar-refractivity contribution in [3.05, 3.63) is 115 Å². The summed E-state index contributed by atoms with van der Waals surface area (Å²) in [4.78, 5) is 13.1. The molecule has 1 atom stereocenters. The van der Waals surface area contributed by atoms with Gasteiger partial charge in [-0.25, -0.2) is 0 Å². The highest BCUT2D eigenvalue weighted by molar-refractivity contribution is 6.99. The number of para-hydroxylation sites is 1. The van der Waals surface area contributed by atoms with Crippen LogP contribution in [0.25, 0.3) is 0 Å². The first-order valence-corrected chi connectivity index (χ1v) is 19.1. The monoisotopic (exact) mass is 624 g/mol. The standard InChI is InChI=1S/C41H56O3Si/c1-5-6-7-8-9-10-11-12-13-14-15-19-26-36(42)33-34-38(35-43-37-27-20-16-21-28-37)44-45(41(2,3)4,39-29-22-17-23-30-39)40-31-24-18-25-32-40/h10-13,16-18,20-25,27-32,38H,5-9,14-15,19,26,33-35H2,1-4H3/b11-10+,13-12+. The van der Waals surface area contributed by atoms with E-state index >= 15 is 0 Å². The van der Waals surface area contributed by atoms with Crippen LogP contribution in [0.15, 0.2) is 115 Å². The fourth-order valence-corrected chi connectivity index (χ4v) is 10.6. The molecule has 0 aromatic heterocycles. The van der Waals surface area contributed by atoms with Crippen LogP contribution in [0.2, 0.25) is 5.04 Å². The van der Waals surface area contributed by atoms with Crippen LogP contribution in [0.3, 0.4) is 0 Å². The summed E-state index contributed by atoms with van der Waals surface area (Å²) < 4.78 is 13.7. The van der Waals surface area contributed by atoms with E-state index in [2.05, 4.69) is 113 Å². The maximum atomic E-state index is 13.1. The summed E-state index contributed by atoms with van der Waals surface area (Å²) in [5.74, 6) is 1.13. The lowest BCUT2D eigenvalue weighted by molar-refractivity contribution is -0.119. The summed E-state index contributed by atoms with van der Waals surface area (Å²) in [6.45, 7) is 9.52. The van der Waals surface area contributed by atoms with Crippen LogP contribution < -0.4 is 15.1 Å². The molecule has 0 saturated heterocycles. The summed E-state index contributed by atoms with van der Waals surface area (Å²) in [6.07, 6.45) is 19.7. The van der Waals surface area contributed by atoms with Crippen molar-refractivity contribution in [1.82, 2.24) is 0 Å². The first-order chi connectivity index (χ1) is 21.9. The molecule has 0 spiro atoms. The van der Waals surface area contributed by atoms with Crippen molar-refractivity contribution in [3.63, 3.8) is 0 Å². The van der Waals surface area contributed by atoms with Crippen molar-refractivity contribution < 1.29 is 14.0 Å². The topological polar surface area (TPSA) is 35.5 Å². The van der Waals surface area contributed by atoms with E-state index < -0.39 is 8.32 Å². The van der Waals surface area contributed by atoms with E-state index in [4.69, 9.17) is 9.16 Å². The first-order valence-electron chi connectivity index (χ1n) is 17.2. The molecule has 1 unspecified atom stereocenters. The molecule has 3 nitrogen and oxygen atoms in total. The number of unbranched alkanes of at least 4 members (excludes halogenated alkanes) is 6. The van der Waals surface area contributed by atoms with Gasteiger partial charge in [0.15, 0.2) is 0 Å². The number of allylic oxidation sites excluding steroid dienone is 4. The predicted molar refractivity (Wildman–Crippen MR) is 194 cm³/mol. The Bertz CT molecular complexity index is 1220. The second-order valence-electron chi connectivity index (χ2n) is 13.1. The van der Waals surface area contributed by atoms with E-state index in [1.165, 1.54) is 36.1 Å². The summed E-state index contributed by atoms with van der Waals surface area (Å²) in [5.41, 5.74) is 0. The Kier molecular flexibility index (Phi) is 16.1. The number of Topliss-reactive ketones (excluding diaryl/α,β-unsaturated/α-hetero) is 1. The Morgan fingerprint density at radius 1 is 0.711 bits per heavy atom. The first kappa shape index (κ1) is 36.3. The molecule has 0 amide bonds. The van der Waals surface area contributed by atoms with Crippen LogP contribution in [0.1, 0.15) is 98.3 Å². The molecule has 0 N–H and O–H groups in total. The summed E-state index contributed by atoms with van der Waals surface area (Å²) in [5, 5.41) is 2.32. The highest BCUT2D eigenvalue weighted by Crippen LogP contribution is 2.38. The quantitative estimate of drug-likeness (QED) is 0.0672. The minimum Gasteiger partial charge on any atom is -0.491 e. The van der Waals surface area contributed by atoms with E-state index in [0.717, 1.165) is 31.4 Å². The molecule has 45 heavy (non-hydrogen) atoms. The smallest absolute Gasteiger partial charge is 0.261 e. The Balaban J connectivity index is 1.65. The predicted octanol–water partition coefficient (Wildman–Crippen LogP) is 10.0. The summed E-state index contributed by atoms with van der Waals surface area (Å²) in [6, 6.07) is 31.3. The second-order valence-corrected chi connectivity index (χ2v) is 17.3. The van der Waals surface area contributed by atoms with Crippen LogP contribution in [-0.2, 0) is 9.22 Å². The number of carbonyl (C=O) groups is 1. The molecule has 4 heteroatoms. The number of benzene rings is 3. The molecular weight excluding hydrogens is 569 g/mol. The highest BCUT2D eigenvalue weighted by Gasteiger charge is 2.51. The lowest BCUT2D eigenvalue weighted by atomic mass is 10.1. The van der Waals surface area contributed by atoms with Gasteiger partial charge in [-0.3, -0.25) is 4.79 Å². The highest BCUT2D eigenvalue weighted by atomic mass is 28.4. The molecule has 0 heterocycles. The molecular formula is C41H56O3Si. The molecule has 3 rings (SSSR count). The molecule has 242 valence electrons. The lowest BCUT2D eigenvalue weighted by Gasteiger charge is -2.45. The van der Waals surface area contributed by atoms with Gasteiger partial charge in [-0.05, 0) is 66.1 Å². The van der Waals surface area contributed by atoms with E-state index in [0.29, 0.717) is 31.7 Å². The minimum absolute atomic E-state index is 0.150. The average molecular weight is 625 g/mol. The summed E-state index contributed by atoms with van der Waals surface area (Å²) in [7, 11) is -2.79. The van der Waals surface area contributed by atoms with Crippen LogP contribution in [-0.4, -0.2) is 26.8 Å². The van der Waals surface area contributed by atoms with Gasteiger partial charge < -0.3 is 9.16 Å². The largest absolute Gasteiger partial charge is 0.491 e. The van der Waals surface area contributed by atoms with Crippen molar-refractivity contribution >= 4 is 24.5 Å². The third-order valence-electron chi connectivity index (χ3n) is 8.37. The number of ketones is 1. The molecule has 0 aliphatic rings. The van der Waals surface area contributed by atoms with Gasteiger partial charge in [0.2, 0.25) is 0 Å². The van der Waals surface area contributed by atoms with Crippen LogP contribution in [0, 0.1) is 0 Å². The third kappa shape index (κ3) is 12.2. The Hall–Kier alpha value is -3.21. The molecule has 0 saturated carbocycles. The third-order valence-corrected chi connectivity index (χ3v) is 13.5. The van der Waals surface area contributed by atoms with Gasteiger partial charge in [0.25, 0.3) is 8.32 Å². The van der Waals surface area contributed by atoms with E-state index in [-0.39, 0.29) is 11.1 Å². The van der Waals surface area contributed by atoms with Gasteiger partial charge in [-0.15, -0.1) is 0 Å². The van der Waals surface area contributed by atoms with E-state index in [1.54, 1.807) is 0 Å². The normalized spacial score (nSPS) is 13.0. The fourth-order valence-electron chi connectivity index (χ4n) is 5.89. The van der Waals surface area contributed by atoms with Gasteiger partial charge in [0, 0.05) is 12.8 Å². The Morgan fingerprint density at radius 2 is 1.24 bits per heavy atom. The number of hydrogen-bond acceptors (Lipinski definition) is 3. The number of ether oxygens (including phenoxy) is 1. The minimum atomic E-state index is -2.79. The molecule has 0 radical (unpaired) electrons. The van der Waals surface area contributed by atoms with Crippen molar-refractivity contribution in [1.29, 1.82) is 0 Å². The van der Waals surface area contributed by atoms with Gasteiger partial charge in [0.05, 0.1) is 6.10 Å². The summed E-state index contributed by atoms with van der Waals surface area (Å²) >= 11 is 0. The maximum absolute atomic E-state index is 13.1. The van der Waals surface area contributed by atoms with Crippen LogP contribution in [0.5, 0.6) is 5.75 Å². The van der Waals surface area contributed by atoms with Crippen LogP contribution in [0.4, 0.5) is 0 Å². The molecule has 0 bridgehead atoms. The zero-order chi connectivity index (χ0) is 32.2. The van der Waals surface area contributed by atoms with Crippen LogP contribution >= 0.6 is 0 Å². The number of rotatable bonds is 21. The van der Waals surface area contributed by atoms with Gasteiger partial charge in [0.1, 0.15) is 18.1 Å². The number of hydrogen-bond donors (Lipinski definition) is 0. The second kappa shape index (κ2) is 20.0. The number of carbonyl (C=O) groups excluding carboxylic acids is 1. The van der Waals surface area contributed by atoms with E-state index in [1.807, 2.05) is 30.3 Å². The zero-order valence-electron chi connectivity index (χ0n) is 28.3. The molecule has 0 aliphatic carbocycles. The van der Waals surface area contributed by atoms with Gasteiger partial charge in [-0.2, -0.15) is 0 Å². The molecule has 3 aromatic carbocycles. The molecule has 3 aromatic rings. The maximum Gasteiger partial charge on any atom is 0.261 e. The lowest BCUT2D eigenvalue weighted by Crippen LogP contribution is -2.68.